The standard InChI is InChI=1S/C22H46O/c1-11-17(5)19(15-21(7,8)13-3)23-20(18(6)12-2)16-22(9,10)14-4/h17-20H,11-16H2,1-10H3. The van der Waals surface area contributed by atoms with Gasteiger partial charge in [0.1, 0.15) is 0 Å². The SMILES string of the molecule is CCC(C)C(CC(C)(C)CC)OC(CC(C)(C)CC)C(C)CC. The summed E-state index contributed by atoms with van der Waals surface area (Å²) >= 11 is 0. The van der Waals surface area contributed by atoms with Crippen LogP contribution in [-0.2, 0) is 4.74 Å². The van der Waals surface area contributed by atoms with E-state index in [1.54, 1.807) is 0 Å². The van der Waals surface area contributed by atoms with Crippen LogP contribution < -0.4 is 0 Å². The number of hydrogen-bond donors (Lipinski definition) is 0. The summed E-state index contributed by atoms with van der Waals surface area (Å²) in [5, 5.41) is 0. The van der Waals surface area contributed by atoms with Gasteiger partial charge < -0.3 is 4.74 Å². The lowest BCUT2D eigenvalue weighted by atomic mass is 9.79. The molecule has 0 bridgehead atoms. The molecule has 4 unspecified atom stereocenters. The van der Waals surface area contributed by atoms with Gasteiger partial charge in [-0.25, -0.2) is 0 Å². The average Bonchev–Trinajstić information content (AvgIpc) is 2.51. The zero-order valence-corrected chi connectivity index (χ0v) is 18.0. The van der Waals surface area contributed by atoms with E-state index in [-0.39, 0.29) is 0 Å². The van der Waals surface area contributed by atoms with Crippen molar-refractivity contribution >= 4 is 0 Å². The van der Waals surface area contributed by atoms with Gasteiger partial charge in [-0.1, -0.05) is 94.9 Å². The van der Waals surface area contributed by atoms with E-state index in [0.29, 0.717) is 34.9 Å². The Balaban J connectivity index is 5.18. The fourth-order valence-electron chi connectivity index (χ4n) is 2.90. The first kappa shape index (κ1) is 23.0. The zero-order valence-electron chi connectivity index (χ0n) is 18.0. The maximum absolute atomic E-state index is 6.83. The van der Waals surface area contributed by atoms with E-state index in [0.717, 1.165) is 0 Å². The third kappa shape index (κ3) is 8.57. The van der Waals surface area contributed by atoms with Crippen LogP contribution in [0.15, 0.2) is 0 Å². The Kier molecular flexibility index (Phi) is 10.0. The van der Waals surface area contributed by atoms with Gasteiger partial charge in [-0.05, 0) is 35.5 Å². The maximum atomic E-state index is 6.83. The van der Waals surface area contributed by atoms with Crippen LogP contribution in [0.5, 0.6) is 0 Å². The van der Waals surface area contributed by atoms with Gasteiger partial charge in [0.2, 0.25) is 0 Å². The Bertz CT molecular complexity index is 275. The van der Waals surface area contributed by atoms with Crippen molar-refractivity contribution in [1.29, 1.82) is 0 Å². The van der Waals surface area contributed by atoms with E-state index in [9.17, 15) is 0 Å². The fraction of sp³-hybridized carbons (Fsp3) is 1.00. The summed E-state index contributed by atoms with van der Waals surface area (Å²) in [6.07, 6.45) is 7.98. The Morgan fingerprint density at radius 3 is 1.17 bits per heavy atom. The summed E-state index contributed by atoms with van der Waals surface area (Å²) in [6, 6.07) is 0. The third-order valence-electron chi connectivity index (χ3n) is 6.33. The van der Waals surface area contributed by atoms with Crippen molar-refractivity contribution in [3.05, 3.63) is 0 Å². The van der Waals surface area contributed by atoms with Gasteiger partial charge in [-0.2, -0.15) is 0 Å². The highest BCUT2D eigenvalue weighted by Gasteiger charge is 2.32. The first-order valence-corrected chi connectivity index (χ1v) is 10.2. The minimum Gasteiger partial charge on any atom is -0.374 e. The normalized spacial score (nSPS) is 18.5. The smallest absolute Gasteiger partial charge is 0.0609 e. The van der Waals surface area contributed by atoms with Crippen LogP contribution in [-0.4, -0.2) is 12.2 Å². The summed E-state index contributed by atoms with van der Waals surface area (Å²) in [5.74, 6) is 1.27. The molecule has 1 heteroatoms. The van der Waals surface area contributed by atoms with Crippen LogP contribution in [0.25, 0.3) is 0 Å². The van der Waals surface area contributed by atoms with Gasteiger partial charge >= 0.3 is 0 Å². The van der Waals surface area contributed by atoms with Gasteiger partial charge in [0, 0.05) is 0 Å². The molecule has 1 nitrogen and oxygen atoms in total. The van der Waals surface area contributed by atoms with E-state index >= 15 is 0 Å². The van der Waals surface area contributed by atoms with Crippen LogP contribution in [0.4, 0.5) is 0 Å². The van der Waals surface area contributed by atoms with Crippen molar-refractivity contribution < 1.29 is 4.74 Å². The Morgan fingerprint density at radius 2 is 0.957 bits per heavy atom. The summed E-state index contributed by atoms with van der Waals surface area (Å²) in [6.45, 7) is 23.5. The molecule has 0 aromatic heterocycles. The number of ether oxygens (including phenoxy) is 1. The predicted molar refractivity (Wildman–Crippen MR) is 105 cm³/mol. The molecule has 140 valence electrons. The Morgan fingerprint density at radius 1 is 0.652 bits per heavy atom. The van der Waals surface area contributed by atoms with Crippen molar-refractivity contribution in [2.24, 2.45) is 22.7 Å². The van der Waals surface area contributed by atoms with Crippen LogP contribution in [0, 0.1) is 22.7 Å². The van der Waals surface area contributed by atoms with Gasteiger partial charge in [0.05, 0.1) is 12.2 Å². The molecule has 23 heavy (non-hydrogen) atoms. The molecule has 0 aromatic carbocycles. The fourth-order valence-corrected chi connectivity index (χ4v) is 2.90. The highest BCUT2D eigenvalue weighted by atomic mass is 16.5. The van der Waals surface area contributed by atoms with Gasteiger partial charge in [-0.15, -0.1) is 0 Å². The molecule has 0 aliphatic carbocycles. The molecule has 0 aromatic rings. The number of hydrogen-bond acceptors (Lipinski definition) is 1. The first-order chi connectivity index (χ1) is 10.5. The van der Waals surface area contributed by atoms with E-state index in [2.05, 4.69) is 69.2 Å². The molecule has 0 aliphatic heterocycles. The molecule has 0 amide bonds. The average molecular weight is 327 g/mol. The van der Waals surface area contributed by atoms with E-state index in [1.807, 2.05) is 0 Å². The van der Waals surface area contributed by atoms with Crippen molar-refractivity contribution in [3.8, 4) is 0 Å². The molecular weight excluding hydrogens is 280 g/mol. The molecule has 0 heterocycles. The molecule has 0 rings (SSSR count). The molecule has 0 saturated carbocycles. The largest absolute Gasteiger partial charge is 0.374 e. The molecule has 0 aliphatic rings. The second-order valence-corrected chi connectivity index (χ2v) is 9.43. The summed E-state index contributed by atoms with van der Waals surface area (Å²) in [5.41, 5.74) is 0.739. The highest BCUT2D eigenvalue weighted by molar-refractivity contribution is 4.81. The van der Waals surface area contributed by atoms with Crippen molar-refractivity contribution in [1.82, 2.24) is 0 Å². The van der Waals surface area contributed by atoms with Gasteiger partial charge in [0.15, 0.2) is 0 Å². The third-order valence-corrected chi connectivity index (χ3v) is 6.33. The summed E-state index contributed by atoms with van der Waals surface area (Å²) < 4.78 is 6.83. The predicted octanol–water partition coefficient (Wildman–Crippen LogP) is 7.49. The molecule has 0 spiro atoms. The van der Waals surface area contributed by atoms with Crippen molar-refractivity contribution in [3.63, 3.8) is 0 Å². The second kappa shape index (κ2) is 10.1. The van der Waals surface area contributed by atoms with Crippen LogP contribution in [0.1, 0.15) is 108 Å². The second-order valence-electron chi connectivity index (χ2n) is 9.43. The number of rotatable bonds is 12. The lowest BCUT2D eigenvalue weighted by molar-refractivity contribution is -0.0954. The molecular formula is C22H46O. The summed E-state index contributed by atoms with van der Waals surface area (Å²) in [4.78, 5) is 0. The highest BCUT2D eigenvalue weighted by Crippen LogP contribution is 2.36. The van der Waals surface area contributed by atoms with Crippen molar-refractivity contribution in [2.75, 3.05) is 0 Å². The lowest BCUT2D eigenvalue weighted by Crippen LogP contribution is -2.37. The minimum atomic E-state index is 0.369. The topological polar surface area (TPSA) is 9.23 Å². The molecule has 0 N–H and O–H groups in total. The molecule has 0 radical (unpaired) electrons. The monoisotopic (exact) mass is 326 g/mol. The maximum Gasteiger partial charge on any atom is 0.0609 e. The van der Waals surface area contributed by atoms with Gasteiger partial charge in [-0.3, -0.25) is 0 Å². The first-order valence-electron chi connectivity index (χ1n) is 10.2. The van der Waals surface area contributed by atoms with Crippen LogP contribution in [0.2, 0.25) is 0 Å². The van der Waals surface area contributed by atoms with Crippen LogP contribution >= 0.6 is 0 Å². The molecule has 4 atom stereocenters. The Hall–Kier alpha value is -0.0400. The Labute approximate surface area is 148 Å². The zero-order chi connectivity index (χ0) is 18.3. The molecule has 0 fully saturated rings. The van der Waals surface area contributed by atoms with Crippen molar-refractivity contribution in [2.45, 2.75) is 120 Å². The van der Waals surface area contributed by atoms with Gasteiger partial charge in [0.25, 0.3) is 0 Å². The summed E-state index contributed by atoms with van der Waals surface area (Å²) in [7, 11) is 0. The minimum absolute atomic E-state index is 0.369. The molecule has 0 saturated heterocycles. The lowest BCUT2D eigenvalue weighted by Gasteiger charge is -2.39. The quantitative estimate of drug-likeness (QED) is 0.361. The van der Waals surface area contributed by atoms with E-state index in [1.165, 1.54) is 38.5 Å². The van der Waals surface area contributed by atoms with Crippen LogP contribution in [0.3, 0.4) is 0 Å². The van der Waals surface area contributed by atoms with E-state index < -0.39 is 0 Å². The van der Waals surface area contributed by atoms with E-state index in [4.69, 9.17) is 4.74 Å².